The molecule has 0 saturated carbocycles. The van der Waals surface area contributed by atoms with E-state index < -0.39 is 5.82 Å². The van der Waals surface area contributed by atoms with Crippen LogP contribution in [0.3, 0.4) is 0 Å². The number of carbonyl (C=O) groups is 1. The zero-order chi connectivity index (χ0) is 23.1. The molecule has 1 aliphatic heterocycles. The number of anilines is 1. The number of nitrogens with two attached hydrogens (primary N) is 2. The van der Waals surface area contributed by atoms with E-state index in [-0.39, 0.29) is 35.2 Å². The van der Waals surface area contributed by atoms with Gasteiger partial charge in [-0.05, 0) is 58.6 Å². The molecule has 1 aliphatic rings. The summed E-state index contributed by atoms with van der Waals surface area (Å²) in [5.41, 5.74) is 13.3. The van der Waals surface area contributed by atoms with Crippen molar-refractivity contribution in [2.24, 2.45) is 11.5 Å². The summed E-state index contributed by atoms with van der Waals surface area (Å²) in [5.74, 6) is -0.234. The van der Waals surface area contributed by atoms with E-state index in [0.29, 0.717) is 28.3 Å². The molecule has 0 spiro atoms. The molecule has 10 heteroatoms. The Labute approximate surface area is 186 Å². The van der Waals surface area contributed by atoms with Gasteiger partial charge in [-0.1, -0.05) is 11.8 Å². The minimum atomic E-state index is -0.454. The average molecular weight is 451 g/mol. The summed E-state index contributed by atoms with van der Waals surface area (Å²) in [5, 5.41) is 14.4. The van der Waals surface area contributed by atoms with Crippen LogP contribution in [0.5, 0.6) is 5.75 Å². The van der Waals surface area contributed by atoms with Crippen molar-refractivity contribution in [1.29, 1.82) is 5.41 Å². The van der Waals surface area contributed by atoms with Gasteiger partial charge in [-0.2, -0.15) is 0 Å². The highest BCUT2D eigenvalue weighted by molar-refractivity contribution is 8.18. The lowest BCUT2D eigenvalue weighted by Crippen LogP contribution is -2.27. The largest absolute Gasteiger partial charge is 0.487 e. The van der Waals surface area contributed by atoms with Gasteiger partial charge in [0.1, 0.15) is 28.5 Å². The number of allylic oxidation sites excluding steroid dienone is 1. The highest BCUT2D eigenvalue weighted by Gasteiger charge is 2.29. The normalized spacial score (nSPS) is 16.5. The molecule has 31 heavy (non-hydrogen) atoms. The Morgan fingerprint density at radius 1 is 1.39 bits per heavy atom. The van der Waals surface area contributed by atoms with Gasteiger partial charge in [-0.25, -0.2) is 4.39 Å². The Hall–Kier alpha value is -2.56. The Balaban J connectivity index is 2.21. The first-order valence-corrected chi connectivity index (χ1v) is 10.8. The average Bonchev–Trinajstić information content (AvgIpc) is 3.01. The third-order valence-electron chi connectivity index (χ3n) is 4.56. The second-order valence-electron chi connectivity index (χ2n) is 7.52. The molecule has 0 bridgehead atoms. The van der Waals surface area contributed by atoms with E-state index in [1.54, 1.807) is 13.8 Å². The van der Waals surface area contributed by atoms with Crippen LogP contribution >= 0.6 is 11.8 Å². The molecule has 0 radical (unpaired) electrons. The maximum Gasteiger partial charge on any atom is 0.258 e. The maximum absolute atomic E-state index is 13.7. The van der Waals surface area contributed by atoms with Crippen LogP contribution in [0.4, 0.5) is 10.1 Å². The lowest BCUT2D eigenvalue weighted by molar-refractivity contribution is -0.116. The van der Waals surface area contributed by atoms with Crippen LogP contribution in [0.25, 0.3) is 0 Å². The summed E-state index contributed by atoms with van der Waals surface area (Å²) in [4.78, 5) is 15.1. The Morgan fingerprint density at radius 2 is 2.10 bits per heavy atom. The smallest absolute Gasteiger partial charge is 0.258 e. The number of hydrogen-bond acceptors (Lipinski definition) is 8. The molecule has 0 aromatic heterocycles. The summed E-state index contributed by atoms with van der Waals surface area (Å²) in [6.45, 7) is 5.21. The van der Waals surface area contributed by atoms with Gasteiger partial charge < -0.3 is 31.7 Å². The van der Waals surface area contributed by atoms with Crippen molar-refractivity contribution in [3.8, 4) is 5.75 Å². The van der Waals surface area contributed by atoms with Gasteiger partial charge in [0.25, 0.3) is 5.91 Å². The molecule has 8 nitrogen and oxygen atoms in total. The molecule has 1 atom stereocenters. The number of ether oxygens (including phenoxy) is 1. The van der Waals surface area contributed by atoms with E-state index in [0.717, 1.165) is 24.7 Å². The van der Waals surface area contributed by atoms with E-state index in [4.69, 9.17) is 21.6 Å². The number of thioether (sulfide) groups is 1. The molecular formula is C21H31FN6O2S. The first-order valence-electron chi connectivity index (χ1n) is 9.98. The fourth-order valence-electron chi connectivity index (χ4n) is 2.90. The standard InChI is InChI=1S/C21H31FN6O2S/c1-12(11-23)30-16-10-14(22)6-7-15(16)27-19(24)17-13(2)18(31-20(17)25)21(29)26-8-5-9-28(3)4/h6-7,10,12,25,27H,5,8-9,11,23-24H2,1-4H3,(H,26,29)/b19-17+,25-20?. The minimum Gasteiger partial charge on any atom is -0.487 e. The van der Waals surface area contributed by atoms with E-state index in [2.05, 4.69) is 10.6 Å². The van der Waals surface area contributed by atoms with Gasteiger partial charge in [0.05, 0.1) is 16.2 Å². The minimum absolute atomic E-state index is 0.167. The molecular weight excluding hydrogens is 419 g/mol. The van der Waals surface area contributed by atoms with E-state index >= 15 is 0 Å². The van der Waals surface area contributed by atoms with Crippen LogP contribution in [-0.4, -0.2) is 55.7 Å². The van der Waals surface area contributed by atoms with Crippen LogP contribution in [-0.2, 0) is 4.79 Å². The van der Waals surface area contributed by atoms with Crippen molar-refractivity contribution in [2.75, 3.05) is 39.0 Å². The maximum atomic E-state index is 13.7. The first-order chi connectivity index (χ1) is 14.6. The summed E-state index contributed by atoms with van der Waals surface area (Å²) in [7, 11) is 3.95. The van der Waals surface area contributed by atoms with E-state index in [9.17, 15) is 9.18 Å². The zero-order valence-electron chi connectivity index (χ0n) is 18.3. The summed E-state index contributed by atoms with van der Waals surface area (Å²) < 4.78 is 19.4. The van der Waals surface area contributed by atoms with Crippen molar-refractivity contribution in [3.05, 3.63) is 45.9 Å². The monoisotopic (exact) mass is 450 g/mol. The predicted octanol–water partition coefficient (Wildman–Crippen LogP) is 2.20. The third kappa shape index (κ3) is 6.71. The fourth-order valence-corrected chi connectivity index (χ4v) is 3.89. The molecule has 0 fully saturated rings. The Morgan fingerprint density at radius 3 is 2.74 bits per heavy atom. The second-order valence-corrected chi connectivity index (χ2v) is 8.54. The third-order valence-corrected chi connectivity index (χ3v) is 5.67. The van der Waals surface area contributed by atoms with Crippen molar-refractivity contribution >= 4 is 28.4 Å². The topological polar surface area (TPSA) is 129 Å². The summed E-state index contributed by atoms with van der Waals surface area (Å²) in [6.07, 6.45) is 0.509. The Kier molecular flexibility index (Phi) is 8.90. The lowest BCUT2D eigenvalue weighted by Gasteiger charge is -2.18. The summed E-state index contributed by atoms with van der Waals surface area (Å²) in [6, 6.07) is 4.03. The number of benzene rings is 1. The highest BCUT2D eigenvalue weighted by Crippen LogP contribution is 2.38. The van der Waals surface area contributed by atoms with E-state index in [1.807, 2.05) is 19.0 Å². The molecule has 2 rings (SSSR count). The zero-order valence-corrected chi connectivity index (χ0v) is 19.2. The molecule has 1 aromatic rings. The van der Waals surface area contributed by atoms with Gasteiger partial charge >= 0.3 is 0 Å². The number of halogens is 1. The molecule has 1 aromatic carbocycles. The van der Waals surface area contributed by atoms with Crippen LogP contribution in [0.2, 0.25) is 0 Å². The molecule has 1 heterocycles. The molecule has 7 N–H and O–H groups in total. The number of amides is 1. The SMILES string of the molecule is CC1=C(C(=O)NCCCN(C)C)SC(=N)/C1=C(\N)Nc1ccc(F)cc1OC(C)CN. The molecule has 1 unspecified atom stereocenters. The van der Waals surface area contributed by atoms with Gasteiger partial charge in [0.15, 0.2) is 0 Å². The molecule has 1 amide bonds. The van der Waals surface area contributed by atoms with Gasteiger partial charge in [-0.15, -0.1) is 0 Å². The Bertz CT molecular complexity index is 900. The van der Waals surface area contributed by atoms with Crippen LogP contribution in [0.15, 0.2) is 40.1 Å². The quantitative estimate of drug-likeness (QED) is 0.346. The fraction of sp³-hybridized carbons (Fsp3) is 0.429. The van der Waals surface area contributed by atoms with Gasteiger partial charge in [0.2, 0.25) is 0 Å². The number of hydrogen-bond donors (Lipinski definition) is 5. The van der Waals surface area contributed by atoms with Gasteiger partial charge in [-0.3, -0.25) is 10.2 Å². The molecule has 0 aliphatic carbocycles. The van der Waals surface area contributed by atoms with Gasteiger partial charge in [0, 0.05) is 19.2 Å². The number of rotatable bonds is 10. The molecule has 170 valence electrons. The van der Waals surface area contributed by atoms with Crippen molar-refractivity contribution < 1.29 is 13.9 Å². The van der Waals surface area contributed by atoms with Crippen LogP contribution in [0.1, 0.15) is 20.3 Å². The lowest BCUT2D eigenvalue weighted by atomic mass is 10.1. The molecule has 0 saturated heterocycles. The number of nitrogens with zero attached hydrogens (tertiary/aromatic N) is 1. The highest BCUT2D eigenvalue weighted by atomic mass is 32.2. The second kappa shape index (κ2) is 11.2. The van der Waals surface area contributed by atoms with Crippen molar-refractivity contribution in [2.45, 2.75) is 26.4 Å². The van der Waals surface area contributed by atoms with Crippen molar-refractivity contribution in [1.82, 2.24) is 10.2 Å². The number of carbonyl (C=O) groups excluding carboxylic acids is 1. The van der Waals surface area contributed by atoms with Crippen molar-refractivity contribution in [3.63, 3.8) is 0 Å². The summed E-state index contributed by atoms with van der Waals surface area (Å²) >= 11 is 1.07. The van der Waals surface area contributed by atoms with Crippen LogP contribution < -0.4 is 26.8 Å². The van der Waals surface area contributed by atoms with E-state index in [1.165, 1.54) is 18.2 Å². The first kappa shape index (κ1) is 24.7. The predicted molar refractivity (Wildman–Crippen MR) is 125 cm³/mol. The number of nitrogens with one attached hydrogen (secondary N) is 3. The van der Waals surface area contributed by atoms with Crippen LogP contribution in [0, 0.1) is 11.2 Å².